The Bertz CT molecular complexity index is 404. The molecule has 1 aliphatic heterocycles. The van der Waals surface area contributed by atoms with Gasteiger partial charge in [0.05, 0.1) is 0 Å². The average Bonchev–Trinajstić information content (AvgIpc) is 2.93. The predicted octanol–water partition coefficient (Wildman–Crippen LogP) is 4.89. The van der Waals surface area contributed by atoms with Gasteiger partial charge in [-0.05, 0) is 61.4 Å². The molecule has 3 rings (SSSR count). The van der Waals surface area contributed by atoms with Crippen molar-refractivity contribution in [1.82, 2.24) is 5.32 Å². The molecule has 1 nitrogen and oxygen atoms in total. The molecule has 2 atom stereocenters. The van der Waals surface area contributed by atoms with E-state index in [0.717, 1.165) is 17.7 Å². The lowest BCUT2D eigenvalue weighted by Crippen LogP contribution is -2.29. The molecule has 0 radical (unpaired) electrons. The van der Waals surface area contributed by atoms with Gasteiger partial charge in [-0.3, -0.25) is 0 Å². The first-order valence-electron chi connectivity index (χ1n) is 8.33. The van der Waals surface area contributed by atoms with Crippen molar-refractivity contribution in [2.75, 3.05) is 12.3 Å². The highest BCUT2D eigenvalue weighted by Crippen LogP contribution is 2.39. The Morgan fingerprint density at radius 2 is 1.95 bits per heavy atom. The molecule has 1 heterocycles. The topological polar surface area (TPSA) is 12.0 Å². The van der Waals surface area contributed by atoms with Gasteiger partial charge in [0, 0.05) is 11.3 Å². The third kappa shape index (κ3) is 3.23. The van der Waals surface area contributed by atoms with Gasteiger partial charge in [0.2, 0.25) is 0 Å². The minimum atomic E-state index is 0.554. The lowest BCUT2D eigenvalue weighted by atomic mass is 9.79. The van der Waals surface area contributed by atoms with Crippen LogP contribution in [0.25, 0.3) is 0 Å². The van der Waals surface area contributed by atoms with Gasteiger partial charge >= 0.3 is 0 Å². The number of hydrogen-bond donors (Lipinski definition) is 1. The minimum absolute atomic E-state index is 0.554. The molecule has 1 aromatic rings. The predicted molar refractivity (Wildman–Crippen MR) is 89.5 cm³/mol. The van der Waals surface area contributed by atoms with Crippen LogP contribution in [0.1, 0.15) is 68.5 Å². The van der Waals surface area contributed by atoms with E-state index in [4.69, 9.17) is 0 Å². The second-order valence-corrected chi connectivity index (χ2v) is 7.62. The molecule has 2 aliphatic rings. The SMILES string of the molecule is CCCNC(c1ccc(C2CCC2)cc1)C1CCCS1. The molecule has 1 saturated heterocycles. The van der Waals surface area contributed by atoms with Crippen LogP contribution in [0.15, 0.2) is 24.3 Å². The molecule has 0 bridgehead atoms. The molecule has 2 heteroatoms. The zero-order valence-corrected chi connectivity index (χ0v) is 13.4. The minimum Gasteiger partial charge on any atom is -0.309 e. The zero-order valence-electron chi connectivity index (χ0n) is 12.6. The fraction of sp³-hybridized carbons (Fsp3) is 0.667. The maximum absolute atomic E-state index is 3.78. The Kier molecular flexibility index (Phi) is 5.06. The van der Waals surface area contributed by atoms with Crippen molar-refractivity contribution >= 4 is 11.8 Å². The van der Waals surface area contributed by atoms with Gasteiger partial charge in [0.15, 0.2) is 0 Å². The van der Waals surface area contributed by atoms with Gasteiger partial charge in [0.1, 0.15) is 0 Å². The molecule has 1 aliphatic carbocycles. The van der Waals surface area contributed by atoms with Crippen LogP contribution in [-0.2, 0) is 0 Å². The van der Waals surface area contributed by atoms with Crippen LogP contribution < -0.4 is 5.32 Å². The van der Waals surface area contributed by atoms with Crippen molar-refractivity contribution in [2.45, 2.75) is 62.7 Å². The standard InChI is InChI=1S/C18H27NS/c1-2-12-19-18(17-7-4-13-20-17)16-10-8-15(9-11-16)14-5-3-6-14/h8-11,14,17-19H,2-7,12-13H2,1H3. The van der Waals surface area contributed by atoms with Crippen LogP contribution in [0.3, 0.4) is 0 Å². The maximum atomic E-state index is 3.78. The first kappa shape index (κ1) is 14.5. The Morgan fingerprint density at radius 3 is 2.50 bits per heavy atom. The van der Waals surface area contributed by atoms with Crippen molar-refractivity contribution in [1.29, 1.82) is 0 Å². The monoisotopic (exact) mass is 289 g/mol. The number of hydrogen-bond acceptors (Lipinski definition) is 2. The number of rotatable bonds is 6. The fourth-order valence-electron chi connectivity index (χ4n) is 3.35. The van der Waals surface area contributed by atoms with E-state index in [2.05, 4.69) is 48.3 Å². The lowest BCUT2D eigenvalue weighted by molar-refractivity contribution is 0.419. The van der Waals surface area contributed by atoms with E-state index in [1.165, 1.54) is 49.8 Å². The Morgan fingerprint density at radius 1 is 1.15 bits per heavy atom. The van der Waals surface area contributed by atoms with Crippen LogP contribution >= 0.6 is 11.8 Å². The summed E-state index contributed by atoms with van der Waals surface area (Å²) >= 11 is 2.16. The molecule has 1 aromatic carbocycles. The maximum Gasteiger partial charge on any atom is 0.0440 e. The van der Waals surface area contributed by atoms with Gasteiger partial charge in [-0.2, -0.15) is 11.8 Å². The summed E-state index contributed by atoms with van der Waals surface area (Å²) in [6.07, 6.45) is 8.20. The van der Waals surface area contributed by atoms with E-state index in [1.54, 1.807) is 5.56 Å². The number of benzene rings is 1. The molecule has 20 heavy (non-hydrogen) atoms. The summed E-state index contributed by atoms with van der Waals surface area (Å²) in [6.45, 7) is 3.39. The van der Waals surface area contributed by atoms with Gasteiger partial charge < -0.3 is 5.32 Å². The summed E-state index contributed by atoms with van der Waals surface area (Å²) in [5.74, 6) is 2.20. The van der Waals surface area contributed by atoms with Crippen LogP contribution in [0, 0.1) is 0 Å². The third-order valence-corrected chi connectivity index (χ3v) is 6.28. The first-order valence-corrected chi connectivity index (χ1v) is 9.38. The molecule has 1 saturated carbocycles. The molecular weight excluding hydrogens is 262 g/mol. The van der Waals surface area contributed by atoms with Crippen LogP contribution in [0.4, 0.5) is 0 Å². The van der Waals surface area contributed by atoms with Gasteiger partial charge in [-0.25, -0.2) is 0 Å². The van der Waals surface area contributed by atoms with Gasteiger partial charge in [-0.15, -0.1) is 0 Å². The second kappa shape index (κ2) is 7.00. The number of nitrogens with one attached hydrogen (secondary N) is 1. The van der Waals surface area contributed by atoms with E-state index in [1.807, 2.05) is 0 Å². The van der Waals surface area contributed by atoms with Crippen LogP contribution in [-0.4, -0.2) is 17.5 Å². The molecule has 1 N–H and O–H groups in total. The summed E-state index contributed by atoms with van der Waals surface area (Å²) < 4.78 is 0. The van der Waals surface area contributed by atoms with Gasteiger partial charge in [-0.1, -0.05) is 37.6 Å². The summed E-state index contributed by atoms with van der Waals surface area (Å²) in [5.41, 5.74) is 3.06. The zero-order chi connectivity index (χ0) is 13.8. The van der Waals surface area contributed by atoms with Crippen molar-refractivity contribution in [2.24, 2.45) is 0 Å². The van der Waals surface area contributed by atoms with Gasteiger partial charge in [0.25, 0.3) is 0 Å². The van der Waals surface area contributed by atoms with E-state index < -0.39 is 0 Å². The van der Waals surface area contributed by atoms with E-state index in [9.17, 15) is 0 Å². The molecule has 2 fully saturated rings. The summed E-state index contributed by atoms with van der Waals surface area (Å²) in [6, 6.07) is 10.1. The molecule has 2 unspecified atom stereocenters. The van der Waals surface area contributed by atoms with Crippen LogP contribution in [0.2, 0.25) is 0 Å². The summed E-state index contributed by atoms with van der Waals surface area (Å²) in [7, 11) is 0. The molecule has 0 amide bonds. The first-order chi connectivity index (χ1) is 9.88. The molecular formula is C18H27NS. The average molecular weight is 289 g/mol. The molecule has 110 valence electrons. The fourth-order valence-corrected chi connectivity index (χ4v) is 4.76. The lowest BCUT2D eigenvalue weighted by Gasteiger charge is -2.28. The van der Waals surface area contributed by atoms with Crippen molar-refractivity contribution in [3.63, 3.8) is 0 Å². The highest BCUT2D eigenvalue weighted by atomic mass is 32.2. The van der Waals surface area contributed by atoms with E-state index in [-0.39, 0.29) is 0 Å². The Balaban J connectivity index is 1.71. The van der Waals surface area contributed by atoms with Crippen LogP contribution in [0.5, 0.6) is 0 Å². The normalized spacial score (nSPS) is 24.6. The van der Waals surface area contributed by atoms with E-state index >= 15 is 0 Å². The molecule has 0 spiro atoms. The smallest absolute Gasteiger partial charge is 0.0440 e. The van der Waals surface area contributed by atoms with E-state index in [0.29, 0.717) is 6.04 Å². The molecule has 0 aromatic heterocycles. The van der Waals surface area contributed by atoms with Crippen molar-refractivity contribution in [3.05, 3.63) is 35.4 Å². The quantitative estimate of drug-likeness (QED) is 0.800. The Hall–Kier alpha value is -0.470. The Labute approximate surface area is 127 Å². The largest absolute Gasteiger partial charge is 0.309 e. The summed E-state index contributed by atoms with van der Waals surface area (Å²) in [4.78, 5) is 0. The van der Waals surface area contributed by atoms with Crippen molar-refractivity contribution < 1.29 is 0 Å². The highest BCUT2D eigenvalue weighted by molar-refractivity contribution is 8.00. The number of thioether (sulfide) groups is 1. The summed E-state index contributed by atoms with van der Waals surface area (Å²) in [5, 5.41) is 4.56. The third-order valence-electron chi connectivity index (χ3n) is 4.82. The van der Waals surface area contributed by atoms with Crippen molar-refractivity contribution in [3.8, 4) is 0 Å². The highest BCUT2D eigenvalue weighted by Gasteiger charge is 2.27. The second-order valence-electron chi connectivity index (χ2n) is 6.28.